The molecule has 1 aromatic carbocycles. The van der Waals surface area contributed by atoms with Crippen molar-refractivity contribution in [3.05, 3.63) is 35.4 Å². The summed E-state index contributed by atoms with van der Waals surface area (Å²) in [7, 11) is 3.23. The van der Waals surface area contributed by atoms with Crippen molar-refractivity contribution in [2.45, 2.75) is 130 Å². The maximum Gasteiger partial charge on any atom is 0.407 e. The Balaban J connectivity index is 3.21. The van der Waals surface area contributed by atoms with E-state index in [1.807, 2.05) is 0 Å². The van der Waals surface area contributed by atoms with Gasteiger partial charge in [0.2, 0.25) is 17.7 Å². The van der Waals surface area contributed by atoms with E-state index in [0.29, 0.717) is 11.1 Å². The molecule has 0 saturated carbocycles. The standard InChI is InChI=1S/C38H60N4O10/c1-24(2)27(21-31(45)28(18-19-34(48)51-37(3,4)5)40-32(46)12-11-13-33(47)42(9)10)35(49)41-29(22-39-36(50)52-38(6,7)8)30(44)20-25-14-16-26(23-43)17-15-25/h14-17,24,27-29,43H,11-13,18-23H2,1-10H3,(H,39,50)(H,40,46)(H,41,49)/t27-,28-,29-/m0/s1. The van der Waals surface area contributed by atoms with Gasteiger partial charge >= 0.3 is 12.1 Å². The highest BCUT2D eigenvalue weighted by Crippen LogP contribution is 2.20. The van der Waals surface area contributed by atoms with Gasteiger partial charge in [-0.2, -0.15) is 0 Å². The molecule has 3 atom stereocenters. The van der Waals surface area contributed by atoms with E-state index in [1.54, 1.807) is 93.8 Å². The number of ether oxygens (including phenoxy) is 2. The lowest BCUT2D eigenvalue weighted by atomic mass is 9.86. The van der Waals surface area contributed by atoms with E-state index < -0.39 is 64.6 Å². The van der Waals surface area contributed by atoms with Crippen LogP contribution in [0.3, 0.4) is 0 Å². The van der Waals surface area contributed by atoms with E-state index in [0.717, 1.165) is 0 Å². The van der Waals surface area contributed by atoms with Crippen LogP contribution in [0, 0.1) is 11.8 Å². The number of benzene rings is 1. The lowest BCUT2D eigenvalue weighted by Gasteiger charge is -2.27. The molecule has 0 radical (unpaired) electrons. The molecule has 14 nitrogen and oxygen atoms in total. The van der Waals surface area contributed by atoms with Crippen molar-refractivity contribution < 1.29 is 48.1 Å². The number of nitrogens with one attached hydrogen (secondary N) is 3. The second-order valence-corrected chi connectivity index (χ2v) is 15.5. The maximum atomic E-state index is 13.8. The normalized spacial score (nSPS) is 13.3. The summed E-state index contributed by atoms with van der Waals surface area (Å²) in [6, 6.07) is 4.43. The summed E-state index contributed by atoms with van der Waals surface area (Å²) in [6.45, 7) is 13.2. The first-order chi connectivity index (χ1) is 24.0. The molecule has 0 aliphatic heterocycles. The quantitative estimate of drug-likeness (QED) is 0.144. The Morgan fingerprint density at radius 1 is 0.769 bits per heavy atom. The van der Waals surface area contributed by atoms with E-state index >= 15 is 0 Å². The molecule has 0 fully saturated rings. The van der Waals surface area contributed by atoms with Crippen LogP contribution < -0.4 is 16.0 Å². The van der Waals surface area contributed by atoms with Crippen LogP contribution in [-0.4, -0.2) is 95.3 Å². The van der Waals surface area contributed by atoms with E-state index in [9.17, 15) is 38.7 Å². The average molecular weight is 733 g/mol. The summed E-state index contributed by atoms with van der Waals surface area (Å²) < 4.78 is 10.7. The Labute approximate surface area is 308 Å². The summed E-state index contributed by atoms with van der Waals surface area (Å²) in [4.78, 5) is 92.3. The highest BCUT2D eigenvalue weighted by atomic mass is 16.6. The predicted octanol–water partition coefficient (Wildman–Crippen LogP) is 3.40. The van der Waals surface area contributed by atoms with Crippen LogP contribution in [0.5, 0.6) is 0 Å². The monoisotopic (exact) mass is 732 g/mol. The third kappa shape index (κ3) is 18.8. The smallest absolute Gasteiger partial charge is 0.407 e. The van der Waals surface area contributed by atoms with Gasteiger partial charge in [0.25, 0.3) is 0 Å². The second-order valence-electron chi connectivity index (χ2n) is 15.5. The predicted molar refractivity (Wildman–Crippen MR) is 195 cm³/mol. The van der Waals surface area contributed by atoms with Gasteiger partial charge in [0.15, 0.2) is 11.6 Å². The summed E-state index contributed by atoms with van der Waals surface area (Å²) in [6.07, 6.45) is -1.05. The Kier molecular flexibility index (Phi) is 18.7. The fourth-order valence-electron chi connectivity index (χ4n) is 4.96. The first-order valence-corrected chi connectivity index (χ1v) is 17.7. The Morgan fingerprint density at radius 2 is 1.35 bits per heavy atom. The third-order valence-corrected chi connectivity index (χ3v) is 7.78. The van der Waals surface area contributed by atoms with Crippen molar-refractivity contribution >= 4 is 41.4 Å². The molecule has 0 bridgehead atoms. The van der Waals surface area contributed by atoms with E-state index in [2.05, 4.69) is 16.0 Å². The lowest BCUT2D eigenvalue weighted by molar-refractivity contribution is -0.155. The van der Waals surface area contributed by atoms with Gasteiger partial charge in [0, 0.05) is 58.7 Å². The molecule has 0 saturated heterocycles. The van der Waals surface area contributed by atoms with Crippen LogP contribution in [0.15, 0.2) is 24.3 Å². The molecular weight excluding hydrogens is 672 g/mol. The average Bonchev–Trinajstić information content (AvgIpc) is 3.01. The number of carbonyl (C=O) groups is 7. The van der Waals surface area contributed by atoms with Gasteiger partial charge in [-0.15, -0.1) is 0 Å². The zero-order valence-electron chi connectivity index (χ0n) is 32.6. The van der Waals surface area contributed by atoms with Crippen molar-refractivity contribution in [2.24, 2.45) is 11.8 Å². The number of aliphatic hydroxyl groups is 1. The van der Waals surface area contributed by atoms with E-state index in [-0.39, 0.29) is 69.9 Å². The Bertz CT molecular complexity index is 1380. The van der Waals surface area contributed by atoms with E-state index in [4.69, 9.17) is 9.47 Å². The van der Waals surface area contributed by atoms with Crippen LogP contribution >= 0.6 is 0 Å². The van der Waals surface area contributed by atoms with Crippen molar-refractivity contribution in [3.63, 3.8) is 0 Å². The molecule has 1 rings (SSSR count). The Hall–Kier alpha value is -4.33. The van der Waals surface area contributed by atoms with Crippen LogP contribution in [0.4, 0.5) is 4.79 Å². The molecule has 4 amide bonds. The number of aliphatic hydroxyl groups excluding tert-OH is 1. The molecule has 0 aliphatic rings. The van der Waals surface area contributed by atoms with Gasteiger partial charge in [-0.3, -0.25) is 28.8 Å². The molecule has 0 spiro atoms. The van der Waals surface area contributed by atoms with Gasteiger partial charge in [-0.1, -0.05) is 38.1 Å². The number of carbonyl (C=O) groups excluding carboxylic acids is 7. The molecule has 0 unspecified atom stereocenters. The zero-order valence-corrected chi connectivity index (χ0v) is 32.6. The minimum Gasteiger partial charge on any atom is -0.460 e. The first kappa shape index (κ1) is 45.7. The number of esters is 1. The number of amides is 4. The fourth-order valence-corrected chi connectivity index (χ4v) is 4.96. The molecular formula is C38H60N4O10. The summed E-state index contributed by atoms with van der Waals surface area (Å²) in [5.41, 5.74) is -0.265. The number of alkyl carbamates (subject to hydrolysis) is 1. The first-order valence-electron chi connectivity index (χ1n) is 17.7. The summed E-state index contributed by atoms with van der Waals surface area (Å²) >= 11 is 0. The van der Waals surface area contributed by atoms with Gasteiger partial charge in [-0.25, -0.2) is 4.79 Å². The molecule has 4 N–H and O–H groups in total. The molecule has 14 heteroatoms. The third-order valence-electron chi connectivity index (χ3n) is 7.78. The van der Waals surface area contributed by atoms with Crippen LogP contribution in [-0.2, 0) is 51.3 Å². The van der Waals surface area contributed by atoms with Gasteiger partial charge in [0.1, 0.15) is 17.2 Å². The highest BCUT2D eigenvalue weighted by Gasteiger charge is 2.33. The highest BCUT2D eigenvalue weighted by molar-refractivity contribution is 5.95. The zero-order chi connectivity index (χ0) is 39.8. The topological polar surface area (TPSA) is 198 Å². The van der Waals surface area contributed by atoms with Gasteiger partial charge < -0.3 is 35.4 Å². The van der Waals surface area contributed by atoms with E-state index in [1.165, 1.54) is 4.90 Å². The van der Waals surface area contributed by atoms with Crippen LogP contribution in [0.2, 0.25) is 0 Å². The number of hydrogen-bond donors (Lipinski definition) is 4. The summed E-state index contributed by atoms with van der Waals surface area (Å²) in [5.74, 6) is -4.02. The SMILES string of the molecule is CC(C)[C@H](CC(=O)[C@H](CCC(=O)OC(C)(C)C)NC(=O)CCCC(=O)N(C)C)C(=O)N[C@@H](CNC(=O)OC(C)(C)C)C(=O)Cc1ccc(CO)cc1. The van der Waals surface area contributed by atoms with Crippen LogP contribution in [0.1, 0.15) is 105 Å². The number of ketones is 2. The minimum absolute atomic E-state index is 0.0267. The van der Waals surface area contributed by atoms with Crippen molar-refractivity contribution in [2.75, 3.05) is 20.6 Å². The van der Waals surface area contributed by atoms with Gasteiger partial charge in [0.05, 0.1) is 12.6 Å². The van der Waals surface area contributed by atoms with Crippen molar-refractivity contribution in [3.8, 4) is 0 Å². The van der Waals surface area contributed by atoms with Crippen LogP contribution in [0.25, 0.3) is 0 Å². The van der Waals surface area contributed by atoms with Crippen molar-refractivity contribution in [1.29, 1.82) is 0 Å². The number of nitrogens with zero attached hydrogens (tertiary/aromatic N) is 1. The Morgan fingerprint density at radius 3 is 1.87 bits per heavy atom. The molecule has 0 heterocycles. The largest absolute Gasteiger partial charge is 0.460 e. The van der Waals surface area contributed by atoms with Gasteiger partial charge in [-0.05, 0) is 71.4 Å². The second kappa shape index (κ2) is 21.3. The molecule has 1 aromatic rings. The molecule has 52 heavy (non-hydrogen) atoms. The summed E-state index contributed by atoms with van der Waals surface area (Å²) in [5, 5.41) is 17.3. The number of hydrogen-bond acceptors (Lipinski definition) is 10. The number of Topliss-reactive ketones (excluding diaryl/α,β-unsaturated/α-hetero) is 2. The lowest BCUT2D eigenvalue weighted by Crippen LogP contribution is -2.52. The fraction of sp³-hybridized carbons (Fsp3) is 0.658. The molecule has 0 aromatic heterocycles. The molecule has 292 valence electrons. The maximum absolute atomic E-state index is 13.8. The minimum atomic E-state index is -1.18. The van der Waals surface area contributed by atoms with Crippen molar-refractivity contribution in [1.82, 2.24) is 20.9 Å². The molecule has 0 aliphatic carbocycles. The number of rotatable bonds is 20.